The van der Waals surface area contributed by atoms with E-state index < -0.39 is 11.0 Å². The van der Waals surface area contributed by atoms with Crippen molar-refractivity contribution < 1.29 is 14.8 Å². The number of nitrogens with zero attached hydrogens (tertiary/aromatic N) is 1. The van der Waals surface area contributed by atoms with Crippen molar-refractivity contribution in [2.75, 3.05) is 13.2 Å². The van der Waals surface area contributed by atoms with Gasteiger partial charge in [-0.3, -0.25) is 10.1 Å². The first-order valence-electron chi connectivity index (χ1n) is 5.40. The van der Waals surface area contributed by atoms with E-state index in [1.54, 1.807) is 18.2 Å². The molecule has 1 fully saturated rings. The number of aliphatic hydroxyl groups is 1. The summed E-state index contributed by atoms with van der Waals surface area (Å²) in [7, 11) is 0. The molecule has 6 nitrogen and oxygen atoms in total. The zero-order valence-corrected chi connectivity index (χ0v) is 9.20. The van der Waals surface area contributed by atoms with E-state index in [9.17, 15) is 15.2 Å². The van der Waals surface area contributed by atoms with Crippen LogP contribution in [0.1, 0.15) is 5.56 Å². The van der Waals surface area contributed by atoms with Crippen molar-refractivity contribution in [1.82, 2.24) is 5.32 Å². The monoisotopic (exact) mass is 238 g/mol. The molecular formula is C11H14N2O4. The van der Waals surface area contributed by atoms with E-state index >= 15 is 0 Å². The highest BCUT2D eigenvalue weighted by Gasteiger charge is 2.26. The van der Waals surface area contributed by atoms with E-state index in [1.807, 2.05) is 0 Å². The maximum atomic E-state index is 10.8. The molecule has 0 amide bonds. The number of nitro groups is 1. The van der Waals surface area contributed by atoms with Gasteiger partial charge in [0.25, 0.3) is 5.69 Å². The number of nitrogens with one attached hydrogen (secondary N) is 1. The fraction of sp³-hybridized carbons (Fsp3) is 0.455. The summed E-state index contributed by atoms with van der Waals surface area (Å²) in [5.74, 6) is 0. The first-order chi connectivity index (χ1) is 8.18. The maximum absolute atomic E-state index is 10.8. The molecule has 1 aliphatic heterocycles. The van der Waals surface area contributed by atoms with Gasteiger partial charge in [-0.05, 0) is 0 Å². The number of benzene rings is 1. The standard InChI is InChI=1S/C11H14N2O4/c14-11-7-17-6-9(11)12-5-8-3-1-2-4-10(8)13(15)16/h1-4,9,11-12,14H,5-7H2. The van der Waals surface area contributed by atoms with Crippen molar-refractivity contribution >= 4 is 5.69 Å². The average Bonchev–Trinajstić information content (AvgIpc) is 2.72. The number of nitro benzene ring substituents is 1. The lowest BCUT2D eigenvalue weighted by atomic mass is 10.1. The molecule has 1 aromatic rings. The molecule has 0 radical (unpaired) electrons. The smallest absolute Gasteiger partial charge is 0.273 e. The minimum atomic E-state index is -0.544. The van der Waals surface area contributed by atoms with Crippen LogP contribution in [-0.2, 0) is 11.3 Å². The fourth-order valence-electron chi connectivity index (χ4n) is 1.82. The summed E-state index contributed by atoms with van der Waals surface area (Å²) in [4.78, 5) is 10.4. The molecule has 92 valence electrons. The molecule has 0 aliphatic carbocycles. The van der Waals surface area contributed by atoms with E-state index in [1.165, 1.54) is 6.07 Å². The molecule has 2 N–H and O–H groups in total. The molecule has 0 saturated carbocycles. The molecule has 17 heavy (non-hydrogen) atoms. The molecule has 2 atom stereocenters. The second kappa shape index (κ2) is 5.22. The van der Waals surface area contributed by atoms with Crippen molar-refractivity contribution in [3.63, 3.8) is 0 Å². The largest absolute Gasteiger partial charge is 0.389 e. The first-order valence-corrected chi connectivity index (χ1v) is 5.40. The number of rotatable bonds is 4. The second-order valence-corrected chi connectivity index (χ2v) is 3.98. The van der Waals surface area contributed by atoms with Crippen molar-refractivity contribution in [3.05, 3.63) is 39.9 Å². The van der Waals surface area contributed by atoms with E-state index in [0.29, 0.717) is 25.3 Å². The third-order valence-corrected chi connectivity index (χ3v) is 2.79. The van der Waals surface area contributed by atoms with Gasteiger partial charge < -0.3 is 15.2 Å². The summed E-state index contributed by atoms with van der Waals surface area (Å²) in [5.41, 5.74) is 0.699. The number of hydrogen-bond acceptors (Lipinski definition) is 5. The third-order valence-electron chi connectivity index (χ3n) is 2.79. The molecule has 2 unspecified atom stereocenters. The lowest BCUT2D eigenvalue weighted by molar-refractivity contribution is -0.385. The van der Waals surface area contributed by atoms with Crippen LogP contribution in [0.3, 0.4) is 0 Å². The number of ether oxygens (including phenoxy) is 1. The van der Waals surface area contributed by atoms with Crippen molar-refractivity contribution in [3.8, 4) is 0 Å². The molecule has 2 rings (SSSR count). The highest BCUT2D eigenvalue weighted by molar-refractivity contribution is 5.39. The molecule has 1 heterocycles. The van der Waals surface area contributed by atoms with Crippen LogP contribution in [0.15, 0.2) is 24.3 Å². The Morgan fingerprint density at radius 1 is 1.47 bits per heavy atom. The molecule has 1 aliphatic rings. The quantitative estimate of drug-likeness (QED) is 0.587. The predicted molar refractivity (Wildman–Crippen MR) is 60.5 cm³/mol. The SMILES string of the molecule is O=[N+]([O-])c1ccccc1CNC1COCC1O. The Hall–Kier alpha value is -1.50. The highest BCUT2D eigenvalue weighted by Crippen LogP contribution is 2.18. The topological polar surface area (TPSA) is 84.6 Å². The van der Waals surface area contributed by atoms with Gasteiger partial charge in [-0.1, -0.05) is 18.2 Å². The first kappa shape index (κ1) is 12.0. The molecule has 0 spiro atoms. The van der Waals surface area contributed by atoms with Gasteiger partial charge in [0.2, 0.25) is 0 Å². The van der Waals surface area contributed by atoms with Crippen LogP contribution in [-0.4, -0.2) is 35.4 Å². The molecule has 1 saturated heterocycles. The van der Waals surface area contributed by atoms with Gasteiger partial charge in [-0.2, -0.15) is 0 Å². The van der Waals surface area contributed by atoms with Crippen molar-refractivity contribution in [2.24, 2.45) is 0 Å². The maximum Gasteiger partial charge on any atom is 0.273 e. The summed E-state index contributed by atoms with van der Waals surface area (Å²) in [6.07, 6.45) is -0.544. The summed E-state index contributed by atoms with van der Waals surface area (Å²) in [6.45, 7) is 1.10. The number of hydrogen-bond donors (Lipinski definition) is 2. The van der Waals surface area contributed by atoms with Gasteiger partial charge in [0.15, 0.2) is 0 Å². The van der Waals surface area contributed by atoms with E-state index in [4.69, 9.17) is 4.74 Å². The van der Waals surface area contributed by atoms with Crippen LogP contribution in [0.4, 0.5) is 5.69 Å². The van der Waals surface area contributed by atoms with Gasteiger partial charge in [0.05, 0.1) is 30.3 Å². The zero-order valence-electron chi connectivity index (χ0n) is 9.20. The Kier molecular flexibility index (Phi) is 3.68. The summed E-state index contributed by atoms with van der Waals surface area (Å²) in [6, 6.07) is 6.40. The Morgan fingerprint density at radius 3 is 2.88 bits per heavy atom. The highest BCUT2D eigenvalue weighted by atomic mass is 16.6. The molecule has 0 bridgehead atoms. The minimum absolute atomic E-state index is 0.0911. The van der Waals surface area contributed by atoms with Crippen LogP contribution in [0, 0.1) is 10.1 Å². The van der Waals surface area contributed by atoms with Crippen LogP contribution >= 0.6 is 0 Å². The van der Waals surface area contributed by atoms with Crippen molar-refractivity contribution in [1.29, 1.82) is 0 Å². The van der Waals surface area contributed by atoms with Crippen molar-refractivity contribution in [2.45, 2.75) is 18.7 Å². The predicted octanol–water partition coefficient (Wildman–Crippen LogP) is 0.444. The van der Waals surface area contributed by atoms with E-state index in [0.717, 1.165) is 0 Å². The molecular weight excluding hydrogens is 224 g/mol. The average molecular weight is 238 g/mol. The molecule has 0 aromatic heterocycles. The Morgan fingerprint density at radius 2 is 2.24 bits per heavy atom. The van der Waals surface area contributed by atoms with Gasteiger partial charge in [-0.15, -0.1) is 0 Å². The van der Waals surface area contributed by atoms with Gasteiger partial charge in [0.1, 0.15) is 0 Å². The number of aliphatic hydroxyl groups excluding tert-OH is 1. The number of para-hydroxylation sites is 1. The normalized spacial score (nSPS) is 23.8. The van der Waals surface area contributed by atoms with Gasteiger partial charge in [0, 0.05) is 18.2 Å². The van der Waals surface area contributed by atoms with E-state index in [2.05, 4.69) is 5.32 Å². The van der Waals surface area contributed by atoms with Gasteiger partial charge in [-0.25, -0.2) is 0 Å². The van der Waals surface area contributed by atoms with Crippen LogP contribution in [0.5, 0.6) is 0 Å². The summed E-state index contributed by atoms with van der Waals surface area (Å²) >= 11 is 0. The van der Waals surface area contributed by atoms with E-state index in [-0.39, 0.29) is 11.7 Å². The zero-order chi connectivity index (χ0) is 12.3. The lowest BCUT2D eigenvalue weighted by Gasteiger charge is -2.14. The molecule has 1 aromatic carbocycles. The van der Waals surface area contributed by atoms with Crippen LogP contribution in [0.2, 0.25) is 0 Å². The molecule has 6 heteroatoms. The fourth-order valence-corrected chi connectivity index (χ4v) is 1.82. The third kappa shape index (κ3) is 2.79. The Bertz CT molecular complexity index is 410. The van der Waals surface area contributed by atoms with Gasteiger partial charge >= 0.3 is 0 Å². The summed E-state index contributed by atoms with van der Waals surface area (Å²) in [5, 5.41) is 23.4. The van der Waals surface area contributed by atoms with Crippen LogP contribution in [0.25, 0.3) is 0 Å². The Balaban J connectivity index is 2.01. The van der Waals surface area contributed by atoms with Crippen LogP contribution < -0.4 is 5.32 Å². The minimum Gasteiger partial charge on any atom is -0.389 e. The Labute approximate surface area is 98.4 Å². The lowest BCUT2D eigenvalue weighted by Crippen LogP contribution is -2.38. The second-order valence-electron chi connectivity index (χ2n) is 3.98. The summed E-state index contributed by atoms with van der Waals surface area (Å²) < 4.78 is 5.09.